The van der Waals surface area contributed by atoms with Gasteiger partial charge in [0.15, 0.2) is 12.2 Å². The van der Waals surface area contributed by atoms with Crippen LogP contribution in [-0.2, 0) is 65.4 Å². The van der Waals surface area contributed by atoms with Gasteiger partial charge in [0.25, 0.3) is 0 Å². The van der Waals surface area contributed by atoms with Crippen molar-refractivity contribution in [3.8, 4) is 0 Å². The van der Waals surface area contributed by atoms with E-state index in [-0.39, 0.29) is 25.7 Å². The number of ether oxygens (including phenoxy) is 4. The Labute approximate surface area is 588 Å². The first-order valence-electron chi connectivity index (χ1n) is 39.8. The summed E-state index contributed by atoms with van der Waals surface area (Å²) in [5, 5.41) is 10.6. The molecule has 0 amide bonds. The Morgan fingerprint density at radius 1 is 0.281 bits per heavy atom. The summed E-state index contributed by atoms with van der Waals surface area (Å²) >= 11 is 0. The van der Waals surface area contributed by atoms with Crippen molar-refractivity contribution in [3.63, 3.8) is 0 Å². The Balaban J connectivity index is 5.22. The van der Waals surface area contributed by atoms with Crippen LogP contribution in [0.15, 0.2) is 0 Å². The molecular weight excluding hydrogens is 1260 g/mol. The minimum absolute atomic E-state index is 0.107. The average Bonchev–Trinajstić information content (AvgIpc) is 3.24. The van der Waals surface area contributed by atoms with Crippen molar-refractivity contribution in [1.82, 2.24) is 0 Å². The van der Waals surface area contributed by atoms with E-state index in [1.54, 1.807) is 0 Å². The number of rotatable bonds is 75. The normalized spacial score (nSPS) is 14.1. The van der Waals surface area contributed by atoms with Crippen LogP contribution in [0.5, 0.6) is 0 Å². The molecule has 0 radical (unpaired) electrons. The molecule has 0 saturated heterocycles. The molecule has 0 bridgehead atoms. The molecule has 0 aliphatic rings. The summed E-state index contributed by atoms with van der Waals surface area (Å²) in [4.78, 5) is 72.8. The standard InChI is InChI=1S/C77H150O17P2/c1-8-9-10-11-12-37-44-51-58-74(79)87-64-72(93-77(82)61-54-47-40-33-27-21-20-24-30-36-43-50-57-70(6)7)66-91-95(83,84)89-62-71(78)63-90-96(85,86)92-67-73(65-88-75(80)59-52-45-38-31-25-19-15-17-23-29-35-42-49-56-69(4)5)94-76(81)60-53-46-39-32-26-18-14-13-16-22-28-34-41-48-55-68(2)3/h68-73,78H,8-67H2,1-7H3,(H,83,84)(H,85,86)/t71-,72+,73+/m0/s1. The van der Waals surface area contributed by atoms with Crippen LogP contribution in [0.2, 0.25) is 0 Å². The Morgan fingerprint density at radius 2 is 0.479 bits per heavy atom. The summed E-state index contributed by atoms with van der Waals surface area (Å²) in [6.45, 7) is 11.9. The van der Waals surface area contributed by atoms with E-state index in [9.17, 15) is 43.2 Å². The van der Waals surface area contributed by atoms with Gasteiger partial charge in [-0.2, -0.15) is 0 Å². The van der Waals surface area contributed by atoms with E-state index in [0.29, 0.717) is 25.7 Å². The molecule has 5 atom stereocenters. The summed E-state index contributed by atoms with van der Waals surface area (Å²) in [7, 11) is -9.91. The number of carbonyl (C=O) groups excluding carboxylic acids is 4. The minimum Gasteiger partial charge on any atom is -0.462 e. The number of aliphatic hydroxyl groups is 1. The summed E-state index contributed by atoms with van der Waals surface area (Å²) in [5.74, 6) is 0.246. The van der Waals surface area contributed by atoms with Gasteiger partial charge in [0.1, 0.15) is 19.3 Å². The molecular formula is C77H150O17P2. The Hall–Kier alpha value is -1.94. The fraction of sp³-hybridized carbons (Fsp3) is 0.948. The molecule has 0 aliphatic carbocycles. The lowest BCUT2D eigenvalue weighted by molar-refractivity contribution is -0.161. The fourth-order valence-corrected chi connectivity index (χ4v) is 13.4. The molecule has 17 nitrogen and oxygen atoms in total. The molecule has 0 aromatic carbocycles. The largest absolute Gasteiger partial charge is 0.472 e. The molecule has 0 aromatic rings. The van der Waals surface area contributed by atoms with E-state index in [0.717, 1.165) is 114 Å². The third kappa shape index (κ3) is 70.5. The fourth-order valence-electron chi connectivity index (χ4n) is 11.8. The van der Waals surface area contributed by atoms with Gasteiger partial charge in [-0.3, -0.25) is 37.3 Å². The van der Waals surface area contributed by atoms with Gasteiger partial charge in [0.05, 0.1) is 26.4 Å². The average molecular weight is 1410 g/mol. The zero-order chi connectivity index (χ0) is 70.9. The lowest BCUT2D eigenvalue weighted by Crippen LogP contribution is -2.30. The van der Waals surface area contributed by atoms with Crippen LogP contribution < -0.4 is 0 Å². The second-order valence-electron chi connectivity index (χ2n) is 29.2. The molecule has 96 heavy (non-hydrogen) atoms. The first-order chi connectivity index (χ1) is 46.2. The van der Waals surface area contributed by atoms with Crippen molar-refractivity contribution >= 4 is 39.5 Å². The topological polar surface area (TPSA) is 237 Å². The van der Waals surface area contributed by atoms with E-state index >= 15 is 0 Å². The molecule has 0 spiro atoms. The highest BCUT2D eigenvalue weighted by Crippen LogP contribution is 2.45. The Bertz CT molecular complexity index is 1870. The zero-order valence-corrected chi connectivity index (χ0v) is 64.6. The summed E-state index contributed by atoms with van der Waals surface area (Å²) < 4.78 is 68.5. The smallest absolute Gasteiger partial charge is 0.462 e. The molecule has 0 fully saturated rings. The predicted molar refractivity (Wildman–Crippen MR) is 391 cm³/mol. The van der Waals surface area contributed by atoms with E-state index in [4.69, 9.17) is 37.0 Å². The van der Waals surface area contributed by atoms with Gasteiger partial charge in [-0.05, 0) is 43.4 Å². The van der Waals surface area contributed by atoms with Gasteiger partial charge >= 0.3 is 39.5 Å². The third-order valence-corrected chi connectivity index (χ3v) is 19.8. The molecule has 0 aromatic heterocycles. The number of phosphoric ester groups is 2. The quantitative estimate of drug-likeness (QED) is 0.0222. The van der Waals surface area contributed by atoms with Gasteiger partial charge in [-0.1, -0.05) is 344 Å². The lowest BCUT2D eigenvalue weighted by atomic mass is 10.0. The molecule has 2 unspecified atom stereocenters. The van der Waals surface area contributed by atoms with Gasteiger partial charge in [-0.15, -0.1) is 0 Å². The molecule has 3 N–H and O–H groups in total. The van der Waals surface area contributed by atoms with Crippen molar-refractivity contribution in [2.45, 2.75) is 414 Å². The van der Waals surface area contributed by atoms with E-state index in [2.05, 4.69) is 48.5 Å². The summed E-state index contributed by atoms with van der Waals surface area (Å²) in [5.41, 5.74) is 0. The Morgan fingerprint density at radius 3 is 0.708 bits per heavy atom. The van der Waals surface area contributed by atoms with Crippen LogP contribution in [0, 0.1) is 17.8 Å². The molecule has 0 heterocycles. The van der Waals surface area contributed by atoms with Crippen molar-refractivity contribution in [1.29, 1.82) is 0 Å². The van der Waals surface area contributed by atoms with Crippen molar-refractivity contribution in [2.75, 3.05) is 39.6 Å². The highest BCUT2D eigenvalue weighted by atomic mass is 31.2. The molecule has 0 aliphatic heterocycles. The number of esters is 4. The number of carbonyl (C=O) groups is 4. The Kier molecular flexibility index (Phi) is 66.2. The van der Waals surface area contributed by atoms with Gasteiger partial charge in [0.2, 0.25) is 0 Å². The number of hydrogen-bond donors (Lipinski definition) is 3. The van der Waals surface area contributed by atoms with Crippen LogP contribution in [0.25, 0.3) is 0 Å². The number of hydrogen-bond acceptors (Lipinski definition) is 15. The van der Waals surface area contributed by atoms with Crippen LogP contribution in [0.1, 0.15) is 395 Å². The van der Waals surface area contributed by atoms with Crippen molar-refractivity contribution in [3.05, 3.63) is 0 Å². The maximum absolute atomic E-state index is 13.1. The maximum atomic E-state index is 13.1. The van der Waals surface area contributed by atoms with E-state index in [1.807, 2.05) is 0 Å². The second kappa shape index (κ2) is 67.5. The number of unbranched alkanes of at least 4 members (excludes halogenated alkanes) is 43. The highest BCUT2D eigenvalue weighted by molar-refractivity contribution is 7.47. The van der Waals surface area contributed by atoms with Crippen LogP contribution >= 0.6 is 15.6 Å². The van der Waals surface area contributed by atoms with Crippen molar-refractivity contribution < 1.29 is 80.2 Å². The number of phosphoric acid groups is 2. The SMILES string of the molecule is CCCCCCCCCCC(=O)OC[C@H](COP(=O)(O)OC[C@H](O)COP(=O)(O)OC[C@@H](COC(=O)CCCCCCCCCCCCCCCC(C)C)OC(=O)CCCCCCCCCCCCCCCCC(C)C)OC(=O)CCCCCCCCCCCCCCC(C)C. The van der Waals surface area contributed by atoms with Gasteiger partial charge in [-0.25, -0.2) is 9.13 Å². The van der Waals surface area contributed by atoms with Gasteiger partial charge in [0, 0.05) is 25.7 Å². The van der Waals surface area contributed by atoms with Crippen LogP contribution in [0.3, 0.4) is 0 Å². The molecule has 0 rings (SSSR count). The minimum atomic E-state index is -4.96. The first-order valence-corrected chi connectivity index (χ1v) is 42.8. The summed E-state index contributed by atoms with van der Waals surface area (Å²) in [6, 6.07) is 0. The van der Waals surface area contributed by atoms with E-state index < -0.39 is 97.5 Å². The third-order valence-electron chi connectivity index (χ3n) is 17.9. The van der Waals surface area contributed by atoms with E-state index in [1.165, 1.54) is 199 Å². The zero-order valence-electron chi connectivity index (χ0n) is 62.8. The van der Waals surface area contributed by atoms with Gasteiger partial charge < -0.3 is 33.8 Å². The molecule has 19 heteroatoms. The highest BCUT2D eigenvalue weighted by Gasteiger charge is 2.30. The monoisotopic (exact) mass is 1410 g/mol. The number of aliphatic hydroxyl groups excluding tert-OH is 1. The van der Waals surface area contributed by atoms with Crippen LogP contribution in [-0.4, -0.2) is 96.7 Å². The van der Waals surface area contributed by atoms with Crippen molar-refractivity contribution in [2.24, 2.45) is 17.8 Å². The molecule has 0 saturated carbocycles. The summed E-state index contributed by atoms with van der Waals surface area (Å²) in [6.07, 6.45) is 54.1. The second-order valence-corrected chi connectivity index (χ2v) is 32.1. The maximum Gasteiger partial charge on any atom is 0.472 e. The lowest BCUT2D eigenvalue weighted by Gasteiger charge is -2.21. The first kappa shape index (κ1) is 94.1. The molecule has 570 valence electrons. The van der Waals surface area contributed by atoms with Crippen LogP contribution in [0.4, 0.5) is 0 Å². The predicted octanol–water partition coefficient (Wildman–Crippen LogP) is 22.6.